The predicted molar refractivity (Wildman–Crippen MR) is 208 cm³/mol. The first kappa shape index (κ1) is 39.2. The molecule has 0 heterocycles. The minimum absolute atomic E-state index is 0.0311. The minimum atomic E-state index is -0.239. The molecule has 5 aliphatic carbocycles. The normalized spacial score (nSPS) is 39.3. The molecule has 0 spiro atoms. The van der Waals surface area contributed by atoms with Crippen LogP contribution in [0, 0.1) is 62.6 Å². The molecule has 5 fully saturated rings. The van der Waals surface area contributed by atoms with Gasteiger partial charge in [-0.15, -0.1) is 0 Å². The van der Waals surface area contributed by atoms with Crippen molar-refractivity contribution < 1.29 is 24.9 Å². The lowest BCUT2D eigenvalue weighted by atomic mass is 9.32. The second-order valence-corrected chi connectivity index (χ2v) is 19.7. The Morgan fingerprint density at radius 3 is 2.19 bits per heavy atom. The van der Waals surface area contributed by atoms with Crippen molar-refractivity contribution in [3.63, 3.8) is 0 Å². The number of rotatable bonds is 11. The Morgan fingerprint density at radius 1 is 0.788 bits per heavy atom. The van der Waals surface area contributed by atoms with Gasteiger partial charge in [0.05, 0.1) is 11.5 Å². The molecule has 5 N–H and O–H groups in total. The third kappa shape index (κ3) is 6.51. The molecule has 1 aromatic carbocycles. The Labute approximate surface area is 314 Å². The Morgan fingerprint density at radius 2 is 1.50 bits per heavy atom. The Bertz CT molecular complexity index is 1500. The van der Waals surface area contributed by atoms with Crippen molar-refractivity contribution in [2.45, 2.75) is 144 Å². The highest BCUT2D eigenvalue weighted by molar-refractivity contribution is 5.91. The van der Waals surface area contributed by atoms with E-state index in [1.807, 2.05) is 0 Å². The van der Waals surface area contributed by atoms with E-state index in [-0.39, 0.29) is 50.6 Å². The summed E-state index contributed by atoms with van der Waals surface area (Å²) in [5.74, 6) is 3.22. The van der Waals surface area contributed by atoms with Gasteiger partial charge in [-0.2, -0.15) is 0 Å². The smallest absolute Gasteiger partial charge is 0.243 e. The van der Waals surface area contributed by atoms with Gasteiger partial charge in [-0.3, -0.25) is 9.59 Å². The van der Waals surface area contributed by atoms with Crippen LogP contribution in [-0.2, 0) is 9.59 Å². The van der Waals surface area contributed by atoms with Crippen LogP contribution in [0.5, 0.6) is 11.5 Å². The van der Waals surface area contributed by atoms with Crippen LogP contribution in [0.1, 0.15) is 144 Å². The number of aliphatic hydroxyl groups is 1. The summed E-state index contributed by atoms with van der Waals surface area (Å²) in [6, 6.07) is 4.45. The fraction of sp³-hybridized carbons (Fsp3) is 0.778. The molecule has 0 aromatic heterocycles. The molecule has 1 aromatic rings. The highest BCUT2D eigenvalue weighted by Gasteiger charge is 2.71. The van der Waals surface area contributed by atoms with Crippen molar-refractivity contribution in [2.75, 3.05) is 13.1 Å². The maximum atomic E-state index is 14.4. The standard InChI is InChI=1S/C45H70N2O5/c1-29(2)31-18-23-45(40(52)47-27-11-9-8-10-26-46-38(51)17-13-30-12-15-33(48)34(49)28-30)25-24-43(6)32(39(31)45)14-16-36-42(5)21-20-37(50)41(3,4)35(42)19-22-44(36,43)7/h12-13,15,17,28-29,31-32,35-37,39,48-50H,8-11,14,16,18-27H2,1-7H3,(H,46,51)(H,47,52)/b17-13+/t31-,32?,35?,36?,37-,39?,42-,43+,44+,45-/m0/s1. The van der Waals surface area contributed by atoms with Crippen LogP contribution in [0.3, 0.4) is 0 Å². The molecular weight excluding hydrogens is 649 g/mol. The fourth-order valence-corrected chi connectivity index (χ4v) is 13.8. The van der Waals surface area contributed by atoms with E-state index in [1.54, 1.807) is 12.1 Å². The number of phenolic OH excluding ortho intramolecular Hbond substituents is 2. The molecule has 52 heavy (non-hydrogen) atoms. The number of aliphatic hydroxyl groups excluding tert-OH is 1. The monoisotopic (exact) mass is 719 g/mol. The number of unbranched alkanes of at least 4 members (excludes halogenated alkanes) is 3. The number of carbonyl (C=O) groups excluding carboxylic acids is 2. The first-order valence-corrected chi connectivity index (χ1v) is 21.0. The van der Waals surface area contributed by atoms with E-state index in [9.17, 15) is 24.9 Å². The van der Waals surface area contributed by atoms with E-state index in [2.05, 4.69) is 59.1 Å². The number of aromatic hydroxyl groups is 2. The zero-order valence-corrected chi connectivity index (χ0v) is 33.4. The van der Waals surface area contributed by atoms with Crippen molar-refractivity contribution in [3.8, 4) is 11.5 Å². The molecule has 2 amide bonds. The zero-order valence-electron chi connectivity index (χ0n) is 33.4. The summed E-state index contributed by atoms with van der Waals surface area (Å²) in [6.45, 7) is 18.7. The van der Waals surface area contributed by atoms with E-state index in [1.165, 1.54) is 50.3 Å². The van der Waals surface area contributed by atoms with Crippen LogP contribution in [0.15, 0.2) is 24.3 Å². The van der Waals surface area contributed by atoms with Crippen molar-refractivity contribution in [1.29, 1.82) is 0 Å². The molecule has 0 saturated heterocycles. The summed E-state index contributed by atoms with van der Waals surface area (Å²) in [6.07, 6.45) is 18.1. The summed E-state index contributed by atoms with van der Waals surface area (Å²) >= 11 is 0. The van der Waals surface area contributed by atoms with Crippen LogP contribution in [0.4, 0.5) is 0 Å². The van der Waals surface area contributed by atoms with Crippen molar-refractivity contribution in [3.05, 3.63) is 29.8 Å². The van der Waals surface area contributed by atoms with Gasteiger partial charge in [-0.05, 0) is 158 Å². The lowest BCUT2D eigenvalue weighted by molar-refractivity contribution is -0.248. The second kappa shape index (κ2) is 14.6. The lowest BCUT2D eigenvalue weighted by Crippen LogP contribution is -2.67. The number of nitrogens with one attached hydrogen (secondary N) is 2. The maximum absolute atomic E-state index is 14.4. The average molecular weight is 719 g/mol. The number of phenols is 2. The number of amides is 2. The highest BCUT2D eigenvalue weighted by Crippen LogP contribution is 2.77. The van der Waals surface area contributed by atoms with Crippen molar-refractivity contribution in [2.24, 2.45) is 62.6 Å². The highest BCUT2D eigenvalue weighted by atomic mass is 16.3. The van der Waals surface area contributed by atoms with E-state index < -0.39 is 0 Å². The van der Waals surface area contributed by atoms with Gasteiger partial charge >= 0.3 is 0 Å². The minimum Gasteiger partial charge on any atom is -0.504 e. The van der Waals surface area contributed by atoms with Crippen molar-refractivity contribution in [1.82, 2.24) is 10.6 Å². The van der Waals surface area contributed by atoms with Gasteiger partial charge in [0.1, 0.15) is 0 Å². The van der Waals surface area contributed by atoms with Crippen LogP contribution in [0.25, 0.3) is 6.08 Å². The molecule has 4 unspecified atom stereocenters. The van der Waals surface area contributed by atoms with E-state index in [4.69, 9.17) is 0 Å². The predicted octanol–water partition coefficient (Wildman–Crippen LogP) is 9.00. The van der Waals surface area contributed by atoms with Crippen LogP contribution >= 0.6 is 0 Å². The molecule has 5 saturated carbocycles. The first-order valence-electron chi connectivity index (χ1n) is 21.0. The molecule has 0 bridgehead atoms. The summed E-state index contributed by atoms with van der Waals surface area (Å²) in [7, 11) is 0. The lowest BCUT2D eigenvalue weighted by Gasteiger charge is -2.73. The molecule has 5 aliphatic rings. The Balaban J connectivity index is 1.04. The van der Waals surface area contributed by atoms with Crippen LogP contribution in [-0.4, -0.2) is 46.3 Å². The van der Waals surface area contributed by atoms with Crippen molar-refractivity contribution >= 4 is 17.9 Å². The van der Waals surface area contributed by atoms with E-state index >= 15 is 0 Å². The van der Waals surface area contributed by atoms with Gasteiger partial charge < -0.3 is 26.0 Å². The molecule has 7 heteroatoms. The van der Waals surface area contributed by atoms with Gasteiger partial charge in [0.25, 0.3) is 0 Å². The van der Waals surface area contributed by atoms with Gasteiger partial charge in [0.2, 0.25) is 11.8 Å². The topological polar surface area (TPSA) is 119 Å². The quantitative estimate of drug-likeness (QED) is 0.0889. The van der Waals surface area contributed by atoms with Gasteiger partial charge in [0, 0.05) is 19.2 Å². The number of hydrogen-bond donors (Lipinski definition) is 5. The summed E-state index contributed by atoms with van der Waals surface area (Å²) in [4.78, 5) is 26.7. The SMILES string of the molecule is CC(C)[C@@H]1CC[C@]2(C(=O)NCCCCCCNC(=O)/C=C/c3ccc(O)c(O)c3)CC[C@]3(C)C(CCC4[C@@]5(C)CC[C@H](O)C(C)(C)C5CC[C@]43C)C12. The second-order valence-electron chi connectivity index (χ2n) is 19.7. The number of benzene rings is 1. The number of fused-ring (bicyclic) bond motifs is 7. The molecule has 290 valence electrons. The molecular formula is C45H70N2O5. The Hall–Kier alpha value is -2.54. The average Bonchev–Trinajstić information content (AvgIpc) is 3.50. The van der Waals surface area contributed by atoms with E-state index in [0.717, 1.165) is 64.3 Å². The Kier molecular flexibility index (Phi) is 11.0. The summed E-state index contributed by atoms with van der Waals surface area (Å²) in [5.41, 5.74) is 1.13. The van der Waals surface area contributed by atoms with Gasteiger partial charge in [-0.1, -0.05) is 67.4 Å². The molecule has 0 radical (unpaired) electrons. The first-order chi connectivity index (χ1) is 24.5. The molecule has 6 rings (SSSR count). The largest absolute Gasteiger partial charge is 0.504 e. The van der Waals surface area contributed by atoms with Crippen LogP contribution < -0.4 is 10.6 Å². The molecule has 10 atom stereocenters. The third-order valence-corrected chi connectivity index (χ3v) is 16.9. The fourth-order valence-electron chi connectivity index (χ4n) is 13.8. The van der Waals surface area contributed by atoms with Gasteiger partial charge in [0.15, 0.2) is 11.5 Å². The van der Waals surface area contributed by atoms with Crippen LogP contribution in [0.2, 0.25) is 0 Å². The maximum Gasteiger partial charge on any atom is 0.243 e. The van der Waals surface area contributed by atoms with E-state index in [0.29, 0.717) is 53.5 Å². The molecule has 7 nitrogen and oxygen atoms in total. The number of carbonyl (C=O) groups is 2. The summed E-state index contributed by atoms with van der Waals surface area (Å²) in [5, 5.41) is 36.6. The third-order valence-electron chi connectivity index (χ3n) is 16.9. The molecule has 0 aliphatic heterocycles. The summed E-state index contributed by atoms with van der Waals surface area (Å²) < 4.78 is 0. The van der Waals surface area contributed by atoms with Gasteiger partial charge in [-0.25, -0.2) is 0 Å². The number of hydrogen-bond acceptors (Lipinski definition) is 5. The zero-order chi connectivity index (χ0) is 37.7.